The summed E-state index contributed by atoms with van der Waals surface area (Å²) in [6, 6.07) is 6.61. The van der Waals surface area contributed by atoms with Gasteiger partial charge in [-0.15, -0.1) is 0 Å². The van der Waals surface area contributed by atoms with Crippen LogP contribution in [0.5, 0.6) is 0 Å². The van der Waals surface area contributed by atoms with Crippen LogP contribution in [0.2, 0.25) is 0 Å². The van der Waals surface area contributed by atoms with Crippen molar-refractivity contribution in [2.75, 3.05) is 0 Å². The zero-order valence-electron chi connectivity index (χ0n) is 10.6. The van der Waals surface area contributed by atoms with Crippen LogP contribution in [-0.4, -0.2) is 5.78 Å². The highest BCUT2D eigenvalue weighted by Gasteiger charge is 2.39. The quantitative estimate of drug-likeness (QED) is 0.790. The molecule has 0 heterocycles. The molecular formula is C16H19FO. The Labute approximate surface area is 107 Å². The maximum atomic E-state index is 13.5. The predicted octanol–water partition coefficient (Wildman–Crippen LogP) is 3.76. The van der Waals surface area contributed by atoms with Gasteiger partial charge in [-0.25, -0.2) is 4.39 Å². The van der Waals surface area contributed by atoms with Gasteiger partial charge in [-0.3, -0.25) is 4.79 Å². The van der Waals surface area contributed by atoms with Crippen LogP contribution in [0.1, 0.15) is 37.7 Å². The maximum absolute atomic E-state index is 13.5. The summed E-state index contributed by atoms with van der Waals surface area (Å²) in [4.78, 5) is 12.0. The van der Waals surface area contributed by atoms with E-state index in [1.165, 1.54) is 31.7 Å². The number of hydrogen-bond donors (Lipinski definition) is 0. The smallest absolute Gasteiger partial charge is 0.137 e. The van der Waals surface area contributed by atoms with Crippen molar-refractivity contribution in [3.8, 4) is 0 Å². The molecule has 0 radical (unpaired) electrons. The van der Waals surface area contributed by atoms with E-state index >= 15 is 0 Å². The zero-order valence-corrected chi connectivity index (χ0v) is 10.6. The summed E-state index contributed by atoms with van der Waals surface area (Å²) >= 11 is 0. The molecule has 0 aromatic heterocycles. The second-order valence-electron chi connectivity index (χ2n) is 5.95. The molecule has 0 spiro atoms. The number of halogens is 1. The number of benzene rings is 1. The Kier molecular flexibility index (Phi) is 3.19. The summed E-state index contributed by atoms with van der Waals surface area (Å²) in [5, 5.41) is 0. The van der Waals surface area contributed by atoms with Gasteiger partial charge in [0.2, 0.25) is 0 Å². The van der Waals surface area contributed by atoms with Crippen LogP contribution in [0.15, 0.2) is 24.3 Å². The van der Waals surface area contributed by atoms with E-state index in [-0.39, 0.29) is 18.0 Å². The Balaban J connectivity index is 1.58. The molecule has 2 fully saturated rings. The van der Waals surface area contributed by atoms with Crippen LogP contribution in [0, 0.1) is 23.6 Å². The minimum Gasteiger partial charge on any atom is -0.299 e. The molecule has 1 aromatic carbocycles. The molecule has 3 rings (SSSR count). The van der Waals surface area contributed by atoms with Gasteiger partial charge >= 0.3 is 0 Å². The van der Waals surface area contributed by atoms with Crippen LogP contribution in [0.3, 0.4) is 0 Å². The van der Waals surface area contributed by atoms with Crippen LogP contribution in [0.25, 0.3) is 0 Å². The summed E-state index contributed by atoms with van der Waals surface area (Å²) < 4.78 is 13.5. The van der Waals surface area contributed by atoms with Gasteiger partial charge in [0.25, 0.3) is 0 Å². The molecule has 0 amide bonds. The second-order valence-corrected chi connectivity index (χ2v) is 5.95. The maximum Gasteiger partial charge on any atom is 0.137 e. The van der Waals surface area contributed by atoms with Gasteiger partial charge in [-0.2, -0.15) is 0 Å². The van der Waals surface area contributed by atoms with Crippen molar-refractivity contribution in [1.29, 1.82) is 0 Å². The molecule has 1 nitrogen and oxygen atoms in total. The third-order valence-electron chi connectivity index (χ3n) is 4.72. The standard InChI is InChI=1S/C16H19FO/c17-16-4-2-1-3-13(16)9-15(18)10-14-8-11-5-6-12(14)7-11/h1-4,11-12,14H,5-10H2. The molecule has 2 saturated carbocycles. The van der Waals surface area contributed by atoms with Crippen LogP contribution >= 0.6 is 0 Å². The van der Waals surface area contributed by atoms with E-state index in [1.807, 2.05) is 0 Å². The fraction of sp³-hybridized carbons (Fsp3) is 0.562. The van der Waals surface area contributed by atoms with Crippen LogP contribution < -0.4 is 0 Å². The zero-order chi connectivity index (χ0) is 12.5. The van der Waals surface area contributed by atoms with Gasteiger partial charge in [0, 0.05) is 12.8 Å². The topological polar surface area (TPSA) is 17.1 Å². The van der Waals surface area contributed by atoms with Gasteiger partial charge in [0.15, 0.2) is 0 Å². The molecular weight excluding hydrogens is 227 g/mol. The monoisotopic (exact) mass is 246 g/mol. The fourth-order valence-electron chi connectivity index (χ4n) is 3.85. The van der Waals surface area contributed by atoms with E-state index in [9.17, 15) is 9.18 Å². The lowest BCUT2D eigenvalue weighted by Gasteiger charge is -2.20. The van der Waals surface area contributed by atoms with Crippen molar-refractivity contribution in [2.24, 2.45) is 17.8 Å². The lowest BCUT2D eigenvalue weighted by molar-refractivity contribution is -0.119. The first-order valence-electron chi connectivity index (χ1n) is 6.97. The van der Waals surface area contributed by atoms with Gasteiger partial charge in [0.1, 0.15) is 11.6 Å². The van der Waals surface area contributed by atoms with Gasteiger partial charge < -0.3 is 0 Å². The Bertz CT molecular complexity index is 454. The van der Waals surface area contributed by atoms with E-state index in [1.54, 1.807) is 18.2 Å². The van der Waals surface area contributed by atoms with E-state index in [4.69, 9.17) is 0 Å². The summed E-state index contributed by atoms with van der Waals surface area (Å²) in [5.41, 5.74) is 0.547. The van der Waals surface area contributed by atoms with Crippen molar-refractivity contribution in [2.45, 2.75) is 38.5 Å². The molecule has 2 aliphatic carbocycles. The van der Waals surface area contributed by atoms with Crippen LogP contribution in [-0.2, 0) is 11.2 Å². The highest BCUT2D eigenvalue weighted by atomic mass is 19.1. The summed E-state index contributed by atoms with van der Waals surface area (Å²) in [6.45, 7) is 0. The number of rotatable bonds is 4. The Morgan fingerprint density at radius 3 is 2.72 bits per heavy atom. The Hall–Kier alpha value is -1.18. The van der Waals surface area contributed by atoms with Gasteiger partial charge in [-0.05, 0) is 48.6 Å². The van der Waals surface area contributed by atoms with Crippen molar-refractivity contribution < 1.29 is 9.18 Å². The Morgan fingerprint density at radius 1 is 1.22 bits per heavy atom. The largest absolute Gasteiger partial charge is 0.299 e. The number of carbonyl (C=O) groups excluding carboxylic acids is 1. The van der Waals surface area contributed by atoms with Gasteiger partial charge in [0.05, 0.1) is 0 Å². The number of ketones is 1. The first kappa shape index (κ1) is 11.9. The molecule has 2 bridgehead atoms. The average molecular weight is 246 g/mol. The third kappa shape index (κ3) is 2.33. The average Bonchev–Trinajstić information content (AvgIpc) is 2.94. The number of fused-ring (bicyclic) bond motifs is 2. The summed E-state index contributed by atoms with van der Waals surface area (Å²) in [6.07, 6.45) is 6.16. The van der Waals surface area contributed by atoms with E-state index in [2.05, 4.69) is 0 Å². The minimum atomic E-state index is -0.251. The lowest BCUT2D eigenvalue weighted by atomic mass is 9.84. The molecule has 2 heteroatoms. The van der Waals surface area contributed by atoms with Crippen molar-refractivity contribution in [1.82, 2.24) is 0 Å². The third-order valence-corrected chi connectivity index (χ3v) is 4.72. The van der Waals surface area contributed by atoms with Crippen molar-refractivity contribution in [3.63, 3.8) is 0 Å². The summed E-state index contributed by atoms with van der Waals surface area (Å²) in [7, 11) is 0. The minimum absolute atomic E-state index is 0.206. The second kappa shape index (κ2) is 4.83. The molecule has 0 N–H and O–H groups in total. The van der Waals surface area contributed by atoms with E-state index < -0.39 is 0 Å². The molecule has 18 heavy (non-hydrogen) atoms. The molecule has 1 aromatic rings. The Morgan fingerprint density at radius 2 is 2.06 bits per heavy atom. The summed E-state index contributed by atoms with van der Waals surface area (Å²) in [5.74, 6) is 2.19. The molecule has 0 aliphatic heterocycles. The molecule has 96 valence electrons. The predicted molar refractivity (Wildman–Crippen MR) is 68.7 cm³/mol. The van der Waals surface area contributed by atoms with E-state index in [0.29, 0.717) is 17.9 Å². The fourth-order valence-corrected chi connectivity index (χ4v) is 3.85. The number of carbonyl (C=O) groups is 1. The number of Topliss-reactive ketones (excluding diaryl/α,β-unsaturated/α-hetero) is 1. The van der Waals surface area contributed by atoms with Crippen molar-refractivity contribution in [3.05, 3.63) is 35.6 Å². The van der Waals surface area contributed by atoms with Crippen molar-refractivity contribution >= 4 is 5.78 Å². The first-order valence-corrected chi connectivity index (χ1v) is 6.97. The first-order chi connectivity index (χ1) is 8.72. The SMILES string of the molecule is O=C(Cc1ccccc1F)CC1CC2CCC1C2. The molecule has 3 atom stereocenters. The van der Waals surface area contributed by atoms with E-state index in [0.717, 1.165) is 11.8 Å². The normalized spacial score (nSPS) is 29.7. The highest BCUT2D eigenvalue weighted by molar-refractivity contribution is 5.81. The van der Waals surface area contributed by atoms with Gasteiger partial charge in [-0.1, -0.05) is 24.6 Å². The number of hydrogen-bond acceptors (Lipinski definition) is 1. The molecule has 3 unspecified atom stereocenters. The van der Waals surface area contributed by atoms with Crippen LogP contribution in [0.4, 0.5) is 4.39 Å². The lowest BCUT2D eigenvalue weighted by Crippen LogP contribution is -2.16. The molecule has 2 aliphatic rings. The molecule has 0 saturated heterocycles. The highest BCUT2D eigenvalue weighted by Crippen LogP contribution is 2.49.